The number of benzene rings is 2. The number of hydrogen-bond donors (Lipinski definition) is 0. The van der Waals surface area contributed by atoms with Crippen molar-refractivity contribution in [3.8, 4) is 0 Å². The lowest BCUT2D eigenvalue weighted by Crippen LogP contribution is -1.81. The summed E-state index contributed by atoms with van der Waals surface area (Å²) in [5.41, 5.74) is 2.60. The highest BCUT2D eigenvalue weighted by Crippen LogP contribution is 2.39. The summed E-state index contributed by atoms with van der Waals surface area (Å²) < 4.78 is 2.30. The van der Waals surface area contributed by atoms with Gasteiger partial charge in [0.1, 0.15) is 0 Å². The van der Waals surface area contributed by atoms with Crippen LogP contribution in [0, 0.1) is 0 Å². The first-order chi connectivity index (χ1) is 6.77. The molecule has 1 aliphatic rings. The molecule has 0 heterocycles. The summed E-state index contributed by atoms with van der Waals surface area (Å²) in [6.45, 7) is 0. The second-order valence-corrected chi connectivity index (χ2v) is 5.07. The average molecular weight is 310 g/mol. The zero-order chi connectivity index (χ0) is 9.71. The molecule has 0 aliphatic heterocycles. The zero-order valence-electron chi connectivity index (χ0n) is 7.22. The maximum Gasteiger partial charge on any atom is 0.0265 e. The van der Waals surface area contributed by atoms with Crippen molar-refractivity contribution in [1.29, 1.82) is 0 Å². The Kier molecular flexibility index (Phi) is 1.83. The van der Waals surface area contributed by atoms with Gasteiger partial charge < -0.3 is 0 Å². The first-order valence-electron chi connectivity index (χ1n) is 4.36. The van der Waals surface area contributed by atoms with E-state index in [9.17, 15) is 0 Å². The molecule has 0 radical (unpaired) electrons. The maximum absolute atomic E-state index is 3.59. The van der Waals surface area contributed by atoms with Crippen LogP contribution in [0.1, 0.15) is 11.1 Å². The normalized spacial score (nSPS) is 12.7. The molecule has 2 aromatic carbocycles. The van der Waals surface area contributed by atoms with Gasteiger partial charge >= 0.3 is 0 Å². The third kappa shape index (κ3) is 1.04. The van der Waals surface area contributed by atoms with Crippen molar-refractivity contribution >= 4 is 54.8 Å². The average Bonchev–Trinajstić information content (AvgIpc) is 2.59. The summed E-state index contributed by atoms with van der Waals surface area (Å²) in [4.78, 5) is 0. The molecule has 0 spiro atoms. The van der Waals surface area contributed by atoms with E-state index in [1.54, 1.807) is 0 Å². The Balaban J connectivity index is 2.63. The quantitative estimate of drug-likeness (QED) is 0.557. The van der Waals surface area contributed by atoms with Crippen LogP contribution in [0.4, 0.5) is 0 Å². The molecule has 0 amide bonds. The van der Waals surface area contributed by atoms with Crippen LogP contribution in [0.2, 0.25) is 0 Å². The van der Waals surface area contributed by atoms with Crippen molar-refractivity contribution in [2.24, 2.45) is 0 Å². The molecule has 0 nitrogen and oxygen atoms in total. The van der Waals surface area contributed by atoms with Gasteiger partial charge in [-0.05, 0) is 28.0 Å². The molecule has 3 rings (SSSR count). The predicted molar refractivity (Wildman–Crippen MR) is 68.3 cm³/mol. The fourth-order valence-corrected chi connectivity index (χ4v) is 3.36. The molecule has 0 saturated carbocycles. The Hall–Kier alpha value is -0.600. The number of hydrogen-bond acceptors (Lipinski definition) is 0. The number of rotatable bonds is 0. The first kappa shape index (κ1) is 8.69. The van der Waals surface area contributed by atoms with Gasteiger partial charge in [0, 0.05) is 8.95 Å². The second kappa shape index (κ2) is 2.94. The van der Waals surface area contributed by atoms with Crippen LogP contribution in [0.15, 0.2) is 33.2 Å². The predicted octanol–water partition coefficient (Wildman–Crippen LogP) is 4.85. The Morgan fingerprint density at radius 2 is 1.79 bits per heavy atom. The molecule has 1 aliphatic carbocycles. The standard InChI is InChI=1S/C12H6Br2/c13-10-6-11(14)9-5-4-7-2-1-3-8(10)12(7)9/h1-6H. The fraction of sp³-hybridized carbons (Fsp3) is 0. The maximum atomic E-state index is 3.59. The van der Waals surface area contributed by atoms with E-state index in [1.807, 2.05) is 0 Å². The molecule has 14 heavy (non-hydrogen) atoms. The highest BCUT2D eigenvalue weighted by molar-refractivity contribution is 9.11. The van der Waals surface area contributed by atoms with Crippen molar-refractivity contribution in [3.63, 3.8) is 0 Å². The minimum absolute atomic E-state index is 1.15. The summed E-state index contributed by atoms with van der Waals surface area (Å²) in [7, 11) is 0. The molecule has 0 unspecified atom stereocenters. The third-order valence-corrected chi connectivity index (χ3v) is 3.88. The fourth-order valence-electron chi connectivity index (χ4n) is 1.93. The monoisotopic (exact) mass is 308 g/mol. The highest BCUT2D eigenvalue weighted by atomic mass is 79.9. The summed E-state index contributed by atoms with van der Waals surface area (Å²) in [6, 6.07) is 8.49. The van der Waals surface area contributed by atoms with Crippen LogP contribution in [0.3, 0.4) is 0 Å². The van der Waals surface area contributed by atoms with Gasteiger partial charge in [-0.3, -0.25) is 0 Å². The first-order valence-corrected chi connectivity index (χ1v) is 5.95. The van der Waals surface area contributed by atoms with E-state index in [0.717, 1.165) is 8.95 Å². The Labute approximate surface area is 98.9 Å². The van der Waals surface area contributed by atoms with E-state index < -0.39 is 0 Å². The van der Waals surface area contributed by atoms with Gasteiger partial charge in [-0.25, -0.2) is 0 Å². The van der Waals surface area contributed by atoms with E-state index in [1.165, 1.54) is 21.9 Å². The molecule has 0 saturated heterocycles. The van der Waals surface area contributed by atoms with E-state index >= 15 is 0 Å². The Bertz CT molecular complexity index is 568. The van der Waals surface area contributed by atoms with Crippen molar-refractivity contribution in [1.82, 2.24) is 0 Å². The molecule has 68 valence electrons. The molecule has 0 bridgehead atoms. The summed E-state index contributed by atoms with van der Waals surface area (Å²) >= 11 is 7.17. The largest absolute Gasteiger partial charge is 0.0610 e. The van der Waals surface area contributed by atoms with Crippen molar-refractivity contribution in [2.75, 3.05) is 0 Å². The van der Waals surface area contributed by atoms with Crippen LogP contribution in [0.25, 0.3) is 22.9 Å². The van der Waals surface area contributed by atoms with Gasteiger partial charge in [-0.15, -0.1) is 0 Å². The van der Waals surface area contributed by atoms with Gasteiger partial charge in [-0.1, -0.05) is 62.2 Å². The van der Waals surface area contributed by atoms with Gasteiger partial charge in [0.05, 0.1) is 0 Å². The molecular weight excluding hydrogens is 304 g/mol. The SMILES string of the molecule is Brc1cc(Br)c2cccc3c2c1C=C3. The van der Waals surface area contributed by atoms with Gasteiger partial charge in [0.25, 0.3) is 0 Å². The summed E-state index contributed by atoms with van der Waals surface area (Å²) in [5.74, 6) is 0. The molecular formula is C12H6Br2. The topological polar surface area (TPSA) is 0 Å². The van der Waals surface area contributed by atoms with Crippen molar-refractivity contribution < 1.29 is 0 Å². The van der Waals surface area contributed by atoms with Gasteiger partial charge in [-0.2, -0.15) is 0 Å². The van der Waals surface area contributed by atoms with Crippen molar-refractivity contribution in [2.45, 2.75) is 0 Å². The van der Waals surface area contributed by atoms with Gasteiger partial charge in [0.2, 0.25) is 0 Å². The third-order valence-electron chi connectivity index (χ3n) is 2.56. The lowest BCUT2D eigenvalue weighted by Gasteiger charge is -2.06. The smallest absolute Gasteiger partial charge is 0.0265 e. The van der Waals surface area contributed by atoms with Crippen LogP contribution in [0.5, 0.6) is 0 Å². The minimum atomic E-state index is 1.15. The minimum Gasteiger partial charge on any atom is -0.0610 e. The van der Waals surface area contributed by atoms with E-state index in [0.29, 0.717) is 0 Å². The van der Waals surface area contributed by atoms with E-state index in [-0.39, 0.29) is 0 Å². The van der Waals surface area contributed by atoms with Crippen LogP contribution >= 0.6 is 31.9 Å². The molecule has 2 heteroatoms. The summed E-state index contributed by atoms with van der Waals surface area (Å²) in [6.07, 6.45) is 4.32. The lowest BCUT2D eigenvalue weighted by molar-refractivity contribution is 1.64. The molecule has 2 aromatic rings. The molecule has 0 N–H and O–H groups in total. The van der Waals surface area contributed by atoms with Gasteiger partial charge in [0.15, 0.2) is 0 Å². The van der Waals surface area contributed by atoms with Crippen molar-refractivity contribution in [3.05, 3.63) is 44.3 Å². The number of halogens is 2. The Morgan fingerprint density at radius 1 is 0.929 bits per heavy atom. The molecule has 0 atom stereocenters. The van der Waals surface area contributed by atoms with Crippen LogP contribution in [-0.2, 0) is 0 Å². The zero-order valence-corrected chi connectivity index (χ0v) is 10.4. The second-order valence-electron chi connectivity index (χ2n) is 3.36. The van der Waals surface area contributed by atoms with Crippen LogP contribution < -0.4 is 0 Å². The lowest BCUT2D eigenvalue weighted by atomic mass is 10.0. The van der Waals surface area contributed by atoms with E-state index in [4.69, 9.17) is 0 Å². The van der Waals surface area contributed by atoms with E-state index in [2.05, 4.69) is 68.3 Å². The Morgan fingerprint density at radius 3 is 2.64 bits per heavy atom. The van der Waals surface area contributed by atoms with Crippen LogP contribution in [-0.4, -0.2) is 0 Å². The molecule has 0 aromatic heterocycles. The molecule has 0 fully saturated rings. The highest BCUT2D eigenvalue weighted by Gasteiger charge is 2.13. The summed E-state index contributed by atoms with van der Waals surface area (Å²) in [5, 5.41) is 2.62.